The molecule has 2 aromatic carbocycles. The van der Waals surface area contributed by atoms with Crippen molar-refractivity contribution in [3.8, 4) is 5.75 Å². The lowest BCUT2D eigenvalue weighted by Gasteiger charge is -2.15. The number of aliphatic hydroxyl groups is 1. The van der Waals surface area contributed by atoms with Crippen LogP contribution in [0, 0.1) is 0 Å². The number of benzene rings is 2. The molecule has 1 amide bonds. The number of sulfonamides is 1. The van der Waals surface area contributed by atoms with E-state index in [0.29, 0.717) is 10.6 Å². The molecule has 1 atom stereocenters. The molecule has 0 heterocycles. The Kier molecular flexibility index (Phi) is 7.42. The molecule has 0 saturated heterocycles. The Morgan fingerprint density at radius 3 is 2.39 bits per heavy atom. The first kappa shape index (κ1) is 22.2. The summed E-state index contributed by atoms with van der Waals surface area (Å²) in [5, 5.41) is 13.3. The summed E-state index contributed by atoms with van der Waals surface area (Å²) in [4.78, 5) is 12.3. The summed E-state index contributed by atoms with van der Waals surface area (Å²) in [6.07, 6.45) is -0.926. The van der Waals surface area contributed by atoms with E-state index in [2.05, 4.69) is 10.0 Å². The van der Waals surface area contributed by atoms with Crippen LogP contribution >= 0.6 is 11.6 Å². The van der Waals surface area contributed by atoms with Crippen molar-refractivity contribution < 1.29 is 23.1 Å². The van der Waals surface area contributed by atoms with E-state index in [4.69, 9.17) is 16.3 Å². The molecule has 0 spiro atoms. The average molecular weight is 427 g/mol. The normalized spacial score (nSPS) is 12.6. The van der Waals surface area contributed by atoms with Crippen LogP contribution in [0.1, 0.15) is 35.9 Å². The summed E-state index contributed by atoms with van der Waals surface area (Å²) in [5.41, 5.74) is 0.733. The first-order valence-electron chi connectivity index (χ1n) is 8.56. The minimum atomic E-state index is -3.85. The van der Waals surface area contributed by atoms with Crippen molar-refractivity contribution in [1.82, 2.24) is 10.0 Å². The van der Waals surface area contributed by atoms with E-state index < -0.39 is 22.0 Å². The number of hydrogen-bond acceptors (Lipinski definition) is 5. The zero-order chi connectivity index (χ0) is 20.9. The highest BCUT2D eigenvalue weighted by molar-refractivity contribution is 7.89. The third-order valence-corrected chi connectivity index (χ3v) is 5.75. The number of aliphatic hydroxyl groups excluding tert-OH is 1. The van der Waals surface area contributed by atoms with E-state index in [1.807, 2.05) is 0 Å². The molecule has 28 heavy (non-hydrogen) atoms. The van der Waals surface area contributed by atoms with Crippen LogP contribution in [0.4, 0.5) is 0 Å². The van der Waals surface area contributed by atoms with Crippen LogP contribution in [-0.2, 0) is 10.0 Å². The Labute approximate surface area is 169 Å². The van der Waals surface area contributed by atoms with E-state index in [9.17, 15) is 18.3 Å². The highest BCUT2D eigenvalue weighted by Crippen LogP contribution is 2.25. The zero-order valence-corrected chi connectivity index (χ0v) is 17.3. The van der Waals surface area contributed by atoms with E-state index in [1.54, 1.807) is 38.1 Å². The molecular weight excluding hydrogens is 404 g/mol. The molecule has 0 fully saturated rings. The van der Waals surface area contributed by atoms with Gasteiger partial charge < -0.3 is 15.2 Å². The van der Waals surface area contributed by atoms with Crippen LogP contribution in [0.2, 0.25) is 5.02 Å². The molecule has 0 aliphatic rings. The summed E-state index contributed by atoms with van der Waals surface area (Å²) < 4.78 is 32.6. The molecule has 7 nitrogen and oxygen atoms in total. The minimum Gasteiger partial charge on any atom is -0.495 e. The maximum Gasteiger partial charge on any atom is 0.251 e. The lowest BCUT2D eigenvalue weighted by Crippen LogP contribution is -2.31. The van der Waals surface area contributed by atoms with Gasteiger partial charge in [0.25, 0.3) is 5.91 Å². The Morgan fingerprint density at radius 2 is 1.82 bits per heavy atom. The molecule has 0 aromatic heterocycles. The summed E-state index contributed by atoms with van der Waals surface area (Å²) in [7, 11) is -2.50. The van der Waals surface area contributed by atoms with Gasteiger partial charge in [0.2, 0.25) is 10.0 Å². The SMILES string of the molecule is COc1ccc(C(=O)NCC(O)c2ccc(Cl)cc2)cc1S(=O)(=O)NC(C)C. The van der Waals surface area contributed by atoms with Gasteiger partial charge >= 0.3 is 0 Å². The molecule has 0 bridgehead atoms. The lowest BCUT2D eigenvalue weighted by molar-refractivity contribution is 0.0916. The number of carbonyl (C=O) groups excluding carboxylic acids is 1. The van der Waals surface area contributed by atoms with Crippen LogP contribution in [-0.4, -0.2) is 39.1 Å². The third kappa shape index (κ3) is 5.68. The fraction of sp³-hybridized carbons (Fsp3) is 0.316. The van der Waals surface area contributed by atoms with E-state index >= 15 is 0 Å². The fourth-order valence-electron chi connectivity index (χ4n) is 2.50. The van der Waals surface area contributed by atoms with Gasteiger partial charge in [-0.05, 0) is 49.7 Å². The number of amides is 1. The highest BCUT2D eigenvalue weighted by Gasteiger charge is 2.22. The van der Waals surface area contributed by atoms with Gasteiger partial charge in [0.05, 0.1) is 13.2 Å². The second-order valence-corrected chi connectivity index (χ2v) is 8.54. The zero-order valence-electron chi connectivity index (χ0n) is 15.8. The molecule has 2 rings (SSSR count). The maximum atomic E-state index is 12.5. The van der Waals surface area contributed by atoms with Crippen molar-refractivity contribution in [2.24, 2.45) is 0 Å². The number of halogens is 1. The number of methoxy groups -OCH3 is 1. The Morgan fingerprint density at radius 1 is 1.18 bits per heavy atom. The van der Waals surface area contributed by atoms with Crippen molar-refractivity contribution in [3.63, 3.8) is 0 Å². The van der Waals surface area contributed by atoms with Crippen molar-refractivity contribution in [2.45, 2.75) is 30.9 Å². The largest absolute Gasteiger partial charge is 0.495 e. The molecular formula is C19H23ClN2O5S. The molecule has 9 heteroatoms. The molecule has 0 saturated carbocycles. The quantitative estimate of drug-likeness (QED) is 0.601. The summed E-state index contributed by atoms with van der Waals surface area (Å²) >= 11 is 5.82. The summed E-state index contributed by atoms with van der Waals surface area (Å²) in [6, 6.07) is 10.4. The Balaban J connectivity index is 2.17. The number of hydrogen-bond donors (Lipinski definition) is 3. The second-order valence-electron chi connectivity index (χ2n) is 6.42. The third-order valence-electron chi connectivity index (χ3n) is 3.82. The van der Waals surface area contributed by atoms with Gasteiger partial charge in [0.1, 0.15) is 10.6 Å². The number of nitrogens with one attached hydrogen (secondary N) is 2. The predicted octanol–water partition coefficient (Wildman–Crippen LogP) is 2.50. The van der Waals surface area contributed by atoms with Crippen LogP contribution in [0.15, 0.2) is 47.4 Å². The van der Waals surface area contributed by atoms with Crippen molar-refractivity contribution >= 4 is 27.5 Å². The molecule has 3 N–H and O–H groups in total. The number of ether oxygens (including phenoxy) is 1. The first-order chi connectivity index (χ1) is 13.1. The molecule has 152 valence electrons. The standard InChI is InChI=1S/C19H23ClN2O5S/c1-12(2)22-28(25,26)18-10-14(6-9-17(18)27-3)19(24)21-11-16(23)13-4-7-15(20)8-5-13/h4-10,12,16,22-23H,11H2,1-3H3,(H,21,24). The van der Waals surface area contributed by atoms with Gasteiger partial charge in [0.15, 0.2) is 0 Å². The van der Waals surface area contributed by atoms with Crippen LogP contribution in [0.3, 0.4) is 0 Å². The molecule has 0 radical (unpaired) electrons. The predicted molar refractivity (Wildman–Crippen MR) is 107 cm³/mol. The van der Waals surface area contributed by atoms with Crippen LogP contribution in [0.5, 0.6) is 5.75 Å². The number of carbonyl (C=O) groups is 1. The smallest absolute Gasteiger partial charge is 0.251 e. The van der Waals surface area contributed by atoms with Crippen LogP contribution in [0.25, 0.3) is 0 Å². The monoisotopic (exact) mass is 426 g/mol. The first-order valence-corrected chi connectivity index (χ1v) is 10.4. The van der Waals surface area contributed by atoms with Gasteiger partial charge in [0, 0.05) is 23.2 Å². The van der Waals surface area contributed by atoms with Crippen molar-refractivity contribution in [3.05, 3.63) is 58.6 Å². The van der Waals surface area contributed by atoms with Gasteiger partial charge in [-0.15, -0.1) is 0 Å². The maximum absolute atomic E-state index is 12.5. The van der Waals surface area contributed by atoms with Crippen molar-refractivity contribution in [1.29, 1.82) is 0 Å². The van der Waals surface area contributed by atoms with E-state index in [1.165, 1.54) is 25.3 Å². The highest BCUT2D eigenvalue weighted by atomic mass is 35.5. The van der Waals surface area contributed by atoms with Crippen LogP contribution < -0.4 is 14.8 Å². The molecule has 2 aromatic rings. The molecule has 1 unspecified atom stereocenters. The Hall–Kier alpha value is -2.13. The topological polar surface area (TPSA) is 105 Å². The molecule has 0 aliphatic heterocycles. The van der Waals surface area contributed by atoms with E-state index in [0.717, 1.165) is 0 Å². The Bertz CT molecular complexity index is 930. The van der Waals surface area contributed by atoms with Gasteiger partial charge in [-0.3, -0.25) is 4.79 Å². The van der Waals surface area contributed by atoms with Gasteiger partial charge in [-0.25, -0.2) is 13.1 Å². The number of rotatable bonds is 8. The minimum absolute atomic E-state index is 0.0428. The van der Waals surface area contributed by atoms with E-state index in [-0.39, 0.29) is 28.8 Å². The van der Waals surface area contributed by atoms with Crippen molar-refractivity contribution in [2.75, 3.05) is 13.7 Å². The second kappa shape index (κ2) is 9.38. The average Bonchev–Trinajstić information content (AvgIpc) is 2.64. The fourth-order valence-corrected chi connectivity index (χ4v) is 4.07. The summed E-state index contributed by atoms with van der Waals surface area (Å²) in [5.74, 6) is -0.387. The van der Waals surface area contributed by atoms with Gasteiger partial charge in [-0.2, -0.15) is 0 Å². The lowest BCUT2D eigenvalue weighted by atomic mass is 10.1. The molecule has 0 aliphatic carbocycles. The summed E-state index contributed by atoms with van der Waals surface area (Å²) in [6.45, 7) is 3.34. The van der Waals surface area contributed by atoms with Gasteiger partial charge in [-0.1, -0.05) is 23.7 Å².